The summed E-state index contributed by atoms with van der Waals surface area (Å²) in [6, 6.07) is 15.3. The zero-order valence-electron chi connectivity index (χ0n) is 14.1. The van der Waals surface area contributed by atoms with Crippen LogP contribution in [0.3, 0.4) is 0 Å². The highest BCUT2D eigenvalue weighted by molar-refractivity contribution is 7.19. The van der Waals surface area contributed by atoms with E-state index in [1.165, 1.54) is 18.3 Å². The van der Waals surface area contributed by atoms with E-state index in [2.05, 4.69) is 11.4 Å². The predicted molar refractivity (Wildman–Crippen MR) is 98.0 cm³/mol. The number of nitriles is 2. The fourth-order valence-corrected chi connectivity index (χ4v) is 3.05. The van der Waals surface area contributed by atoms with Gasteiger partial charge in [-0.25, -0.2) is 0 Å². The minimum absolute atomic E-state index is 0.307. The van der Waals surface area contributed by atoms with Crippen LogP contribution in [0.15, 0.2) is 47.7 Å². The first kappa shape index (κ1) is 18.3. The molecule has 1 amide bonds. The maximum absolute atomic E-state index is 11.9. The normalized spacial score (nSPS) is 11.9. The van der Waals surface area contributed by atoms with Crippen LogP contribution in [-0.4, -0.2) is 11.0 Å². The van der Waals surface area contributed by atoms with Crippen LogP contribution in [0.4, 0.5) is 5.00 Å². The lowest BCUT2D eigenvalue weighted by Gasteiger charge is -2.15. The summed E-state index contributed by atoms with van der Waals surface area (Å²) in [6.45, 7) is 5.02. The molecule has 1 heterocycles. The summed E-state index contributed by atoms with van der Waals surface area (Å²) in [6.07, 6.45) is 0. The van der Waals surface area contributed by atoms with Crippen molar-refractivity contribution in [3.05, 3.63) is 53.3 Å². The van der Waals surface area contributed by atoms with Crippen LogP contribution >= 0.6 is 11.3 Å². The molecule has 0 saturated carbocycles. The fourth-order valence-electron chi connectivity index (χ4n) is 2.15. The van der Waals surface area contributed by atoms with Crippen molar-refractivity contribution in [1.82, 2.24) is 0 Å². The highest BCUT2D eigenvalue weighted by atomic mass is 32.1. The monoisotopic (exact) mass is 351 g/mol. The minimum Gasteiger partial charge on any atom is -0.511 e. The fraction of sp³-hybridized carbons (Fsp3) is 0.211. The lowest BCUT2D eigenvalue weighted by Crippen LogP contribution is -2.13. The second kappa shape index (κ2) is 7.21. The molecule has 5 nitrogen and oxygen atoms in total. The number of anilines is 1. The number of thiophene rings is 1. The first-order chi connectivity index (χ1) is 11.8. The predicted octanol–water partition coefficient (Wildman–Crippen LogP) is 4.51. The minimum atomic E-state index is -0.637. The molecule has 0 radical (unpaired) electrons. The Kier molecular flexibility index (Phi) is 5.26. The van der Waals surface area contributed by atoms with Crippen LogP contribution in [0.5, 0.6) is 0 Å². The number of rotatable bonds is 4. The summed E-state index contributed by atoms with van der Waals surface area (Å²) in [5.41, 5.74) is 1.05. The van der Waals surface area contributed by atoms with Crippen molar-refractivity contribution in [2.24, 2.45) is 0 Å². The number of carbonyl (C=O) groups excluding carboxylic acids is 1. The average Bonchev–Trinajstić information content (AvgIpc) is 3.03. The van der Waals surface area contributed by atoms with Crippen molar-refractivity contribution in [2.45, 2.75) is 26.2 Å². The van der Waals surface area contributed by atoms with E-state index in [0.717, 1.165) is 16.0 Å². The smallest absolute Gasteiger partial charge is 0.270 e. The summed E-state index contributed by atoms with van der Waals surface area (Å²) < 4.78 is 0. The van der Waals surface area contributed by atoms with Crippen molar-refractivity contribution >= 4 is 22.2 Å². The van der Waals surface area contributed by atoms with Crippen LogP contribution in [0.25, 0.3) is 10.4 Å². The Labute approximate surface area is 150 Å². The molecule has 1 aromatic heterocycles. The molecule has 126 valence electrons. The van der Waals surface area contributed by atoms with E-state index in [9.17, 15) is 15.2 Å². The Bertz CT molecular complexity index is 905. The molecule has 0 aliphatic rings. The first-order valence-electron chi connectivity index (χ1n) is 7.52. The quantitative estimate of drug-likeness (QED) is 0.481. The molecule has 0 atom stereocenters. The number of hydrogen-bond donors (Lipinski definition) is 2. The molecule has 25 heavy (non-hydrogen) atoms. The zero-order chi connectivity index (χ0) is 18.6. The van der Waals surface area contributed by atoms with Gasteiger partial charge in [-0.15, -0.1) is 11.3 Å². The average molecular weight is 351 g/mol. The molecular formula is C19H17N3O2S. The molecular weight excluding hydrogens is 334 g/mol. The summed E-state index contributed by atoms with van der Waals surface area (Å²) in [5, 5.41) is 30.6. The third-order valence-electron chi connectivity index (χ3n) is 3.71. The molecule has 2 rings (SSSR count). The van der Waals surface area contributed by atoms with Crippen LogP contribution in [-0.2, 0) is 10.2 Å². The SMILES string of the molecule is C/C(O)=C(\C#N)C(=O)Nc1ccc(-c2ccc(C(C)(C)C#N)cc2)s1. The molecule has 0 fully saturated rings. The highest BCUT2D eigenvalue weighted by Gasteiger charge is 2.19. The maximum atomic E-state index is 11.9. The maximum Gasteiger partial charge on any atom is 0.270 e. The van der Waals surface area contributed by atoms with Crippen molar-refractivity contribution < 1.29 is 9.90 Å². The van der Waals surface area contributed by atoms with Crippen molar-refractivity contribution in [3.63, 3.8) is 0 Å². The Morgan fingerprint density at radius 1 is 1.16 bits per heavy atom. The van der Waals surface area contributed by atoms with Gasteiger partial charge in [0.1, 0.15) is 11.8 Å². The van der Waals surface area contributed by atoms with Crippen molar-refractivity contribution in [2.75, 3.05) is 5.32 Å². The molecule has 6 heteroatoms. The Balaban J connectivity index is 2.20. The summed E-state index contributed by atoms with van der Waals surface area (Å²) >= 11 is 1.36. The largest absolute Gasteiger partial charge is 0.511 e. The second-order valence-corrected chi connectivity index (χ2v) is 7.09. The Morgan fingerprint density at radius 2 is 1.80 bits per heavy atom. The van der Waals surface area contributed by atoms with Gasteiger partial charge in [0.05, 0.1) is 16.5 Å². The van der Waals surface area contributed by atoms with E-state index in [1.54, 1.807) is 12.1 Å². The van der Waals surface area contributed by atoms with Crippen LogP contribution < -0.4 is 5.32 Å². The number of amides is 1. The van der Waals surface area contributed by atoms with E-state index in [-0.39, 0.29) is 11.3 Å². The van der Waals surface area contributed by atoms with Crippen LogP contribution in [0.2, 0.25) is 0 Å². The Morgan fingerprint density at radius 3 is 2.32 bits per heavy atom. The molecule has 0 saturated heterocycles. The van der Waals surface area contributed by atoms with Gasteiger partial charge in [0.25, 0.3) is 5.91 Å². The standard InChI is InChI=1S/C19H17N3O2S/c1-12(23)15(10-20)18(24)22-17-9-8-16(25-17)13-4-6-14(7-5-13)19(2,3)11-21/h4-9,23H,1-3H3,(H,22,24)/b15-12-. The number of hydrogen-bond acceptors (Lipinski definition) is 5. The van der Waals surface area contributed by atoms with Gasteiger partial charge in [-0.3, -0.25) is 4.79 Å². The molecule has 0 unspecified atom stereocenters. The number of nitrogens with zero attached hydrogens (tertiary/aromatic N) is 2. The highest BCUT2D eigenvalue weighted by Crippen LogP contribution is 2.33. The zero-order valence-corrected chi connectivity index (χ0v) is 14.9. The molecule has 0 aliphatic carbocycles. The molecule has 0 bridgehead atoms. The molecule has 2 aromatic rings. The summed E-state index contributed by atoms with van der Waals surface area (Å²) in [5.74, 6) is -0.950. The number of nitrogens with one attached hydrogen (secondary N) is 1. The third kappa shape index (κ3) is 4.06. The van der Waals surface area contributed by atoms with Gasteiger partial charge in [0, 0.05) is 4.88 Å². The van der Waals surface area contributed by atoms with Gasteiger partial charge in [-0.1, -0.05) is 24.3 Å². The van der Waals surface area contributed by atoms with Crippen molar-refractivity contribution in [1.29, 1.82) is 10.5 Å². The number of carbonyl (C=O) groups is 1. The summed E-state index contributed by atoms with van der Waals surface area (Å²) in [7, 11) is 0. The van der Waals surface area contributed by atoms with Gasteiger partial charge >= 0.3 is 0 Å². The molecule has 2 N–H and O–H groups in total. The lowest BCUT2D eigenvalue weighted by molar-refractivity contribution is -0.112. The van der Waals surface area contributed by atoms with E-state index in [4.69, 9.17) is 5.26 Å². The van der Waals surface area contributed by atoms with Crippen LogP contribution in [0, 0.1) is 22.7 Å². The Hall–Kier alpha value is -3.09. The lowest BCUT2D eigenvalue weighted by atomic mass is 9.86. The number of benzene rings is 1. The van der Waals surface area contributed by atoms with E-state index < -0.39 is 11.3 Å². The number of aliphatic hydroxyl groups excluding tert-OH is 1. The van der Waals surface area contributed by atoms with Crippen LogP contribution in [0.1, 0.15) is 26.3 Å². The topological polar surface area (TPSA) is 96.9 Å². The number of aliphatic hydroxyl groups is 1. The second-order valence-electron chi connectivity index (χ2n) is 6.00. The summed E-state index contributed by atoms with van der Waals surface area (Å²) in [4.78, 5) is 12.9. The van der Waals surface area contributed by atoms with E-state index >= 15 is 0 Å². The third-order valence-corrected chi connectivity index (χ3v) is 4.76. The number of allylic oxidation sites excluding steroid dienone is 1. The molecule has 0 aliphatic heterocycles. The van der Waals surface area contributed by atoms with Crippen molar-refractivity contribution in [3.8, 4) is 22.6 Å². The van der Waals surface area contributed by atoms with Gasteiger partial charge in [-0.2, -0.15) is 10.5 Å². The molecule has 1 aromatic carbocycles. The molecule has 0 spiro atoms. The van der Waals surface area contributed by atoms with Gasteiger partial charge in [0.2, 0.25) is 0 Å². The van der Waals surface area contributed by atoms with Gasteiger partial charge < -0.3 is 10.4 Å². The van der Waals surface area contributed by atoms with E-state index in [1.807, 2.05) is 44.2 Å². The van der Waals surface area contributed by atoms with Gasteiger partial charge in [0.15, 0.2) is 5.57 Å². The van der Waals surface area contributed by atoms with E-state index in [0.29, 0.717) is 5.00 Å². The van der Waals surface area contributed by atoms with Gasteiger partial charge in [-0.05, 0) is 44.0 Å². The first-order valence-corrected chi connectivity index (χ1v) is 8.33.